The van der Waals surface area contributed by atoms with Crippen molar-refractivity contribution in [3.05, 3.63) is 34.7 Å². The first-order valence-electron chi connectivity index (χ1n) is 5.54. The quantitative estimate of drug-likeness (QED) is 0.838. The Morgan fingerprint density at radius 3 is 2.93 bits per heavy atom. The molecule has 0 aliphatic carbocycles. The van der Waals surface area contributed by atoms with E-state index in [1.807, 2.05) is 11.3 Å². The average molecular weight is 219 g/mol. The zero-order chi connectivity index (χ0) is 10.7. The molecule has 15 heavy (non-hydrogen) atoms. The van der Waals surface area contributed by atoms with Crippen molar-refractivity contribution < 1.29 is 0 Å². The summed E-state index contributed by atoms with van der Waals surface area (Å²) < 4.78 is 1.40. The number of aryl methyl sites for hydroxylation is 2. The highest BCUT2D eigenvalue weighted by molar-refractivity contribution is 7.17. The van der Waals surface area contributed by atoms with Crippen LogP contribution in [0.15, 0.2) is 23.6 Å². The Morgan fingerprint density at radius 1 is 1.33 bits per heavy atom. The van der Waals surface area contributed by atoms with Crippen LogP contribution in [0.1, 0.15) is 24.5 Å². The van der Waals surface area contributed by atoms with Gasteiger partial charge in [-0.1, -0.05) is 19.1 Å². The first-order chi connectivity index (χ1) is 7.35. The predicted molar refractivity (Wildman–Crippen MR) is 68.6 cm³/mol. The summed E-state index contributed by atoms with van der Waals surface area (Å²) in [5.41, 5.74) is 8.44. The molecule has 0 atom stereocenters. The van der Waals surface area contributed by atoms with Gasteiger partial charge in [0.25, 0.3) is 0 Å². The maximum Gasteiger partial charge on any atom is 0.0345 e. The molecular weight excluding hydrogens is 202 g/mol. The molecule has 2 heteroatoms. The monoisotopic (exact) mass is 219 g/mol. The van der Waals surface area contributed by atoms with Gasteiger partial charge in [-0.05, 0) is 53.8 Å². The molecule has 1 aromatic carbocycles. The van der Waals surface area contributed by atoms with Crippen LogP contribution >= 0.6 is 11.3 Å². The van der Waals surface area contributed by atoms with Crippen molar-refractivity contribution >= 4 is 21.4 Å². The molecule has 0 amide bonds. The van der Waals surface area contributed by atoms with E-state index >= 15 is 0 Å². The van der Waals surface area contributed by atoms with Crippen LogP contribution < -0.4 is 5.73 Å². The predicted octanol–water partition coefficient (Wildman–Crippen LogP) is 3.36. The third-order valence-corrected chi connectivity index (χ3v) is 3.79. The lowest BCUT2D eigenvalue weighted by atomic mass is 10.1. The van der Waals surface area contributed by atoms with E-state index in [1.165, 1.54) is 21.2 Å². The van der Waals surface area contributed by atoms with Crippen LogP contribution in [-0.4, -0.2) is 6.54 Å². The molecule has 0 spiro atoms. The summed E-state index contributed by atoms with van der Waals surface area (Å²) in [6, 6.07) is 6.80. The molecule has 2 rings (SSSR count). The highest BCUT2D eigenvalue weighted by Crippen LogP contribution is 2.27. The van der Waals surface area contributed by atoms with Gasteiger partial charge < -0.3 is 5.73 Å². The number of nitrogens with two attached hydrogens (primary N) is 1. The van der Waals surface area contributed by atoms with Gasteiger partial charge in [-0.25, -0.2) is 0 Å². The lowest BCUT2D eigenvalue weighted by molar-refractivity contribution is 0.839. The van der Waals surface area contributed by atoms with Crippen LogP contribution in [0.3, 0.4) is 0 Å². The number of hydrogen-bond acceptors (Lipinski definition) is 2. The van der Waals surface area contributed by atoms with Crippen LogP contribution in [0.5, 0.6) is 0 Å². The average Bonchev–Trinajstić information content (AvgIpc) is 2.68. The van der Waals surface area contributed by atoms with E-state index in [-0.39, 0.29) is 0 Å². The fourth-order valence-electron chi connectivity index (χ4n) is 1.83. The fourth-order valence-corrected chi connectivity index (χ4v) is 2.81. The molecule has 2 aromatic rings. The summed E-state index contributed by atoms with van der Waals surface area (Å²) in [7, 11) is 0. The molecule has 80 valence electrons. The van der Waals surface area contributed by atoms with E-state index in [9.17, 15) is 0 Å². The molecule has 0 aliphatic rings. The summed E-state index contributed by atoms with van der Waals surface area (Å²) in [5.74, 6) is 0. The third-order valence-electron chi connectivity index (χ3n) is 2.78. The van der Waals surface area contributed by atoms with Gasteiger partial charge in [0.1, 0.15) is 0 Å². The summed E-state index contributed by atoms with van der Waals surface area (Å²) in [5, 5.41) is 3.72. The topological polar surface area (TPSA) is 26.0 Å². The Balaban J connectivity index is 2.38. The van der Waals surface area contributed by atoms with E-state index in [2.05, 4.69) is 30.5 Å². The maximum atomic E-state index is 5.55. The van der Waals surface area contributed by atoms with E-state index in [0.29, 0.717) is 0 Å². The minimum atomic E-state index is 0.783. The molecule has 0 unspecified atom stereocenters. The van der Waals surface area contributed by atoms with Gasteiger partial charge in [-0.2, -0.15) is 0 Å². The minimum absolute atomic E-state index is 0.783. The highest BCUT2D eigenvalue weighted by atomic mass is 32.1. The number of hydrogen-bond donors (Lipinski definition) is 1. The molecule has 1 aromatic heterocycles. The standard InChI is InChI=1S/C13H17NS/c1-2-10-5-6-13-12(8-10)11(9-15-13)4-3-7-14/h5-6,8-9H,2-4,7,14H2,1H3. The van der Waals surface area contributed by atoms with Crippen LogP contribution in [0.4, 0.5) is 0 Å². The van der Waals surface area contributed by atoms with Gasteiger partial charge in [-0.3, -0.25) is 0 Å². The van der Waals surface area contributed by atoms with E-state index < -0.39 is 0 Å². The first kappa shape index (κ1) is 10.7. The van der Waals surface area contributed by atoms with Crippen LogP contribution in [-0.2, 0) is 12.8 Å². The van der Waals surface area contributed by atoms with Gasteiger partial charge in [0.05, 0.1) is 0 Å². The van der Waals surface area contributed by atoms with Crippen LogP contribution in [0, 0.1) is 0 Å². The largest absolute Gasteiger partial charge is 0.330 e. The van der Waals surface area contributed by atoms with Crippen LogP contribution in [0.25, 0.3) is 10.1 Å². The Labute approximate surface area is 94.9 Å². The van der Waals surface area contributed by atoms with Crippen molar-refractivity contribution in [3.63, 3.8) is 0 Å². The fraction of sp³-hybridized carbons (Fsp3) is 0.385. The van der Waals surface area contributed by atoms with Crippen molar-refractivity contribution in [2.45, 2.75) is 26.2 Å². The van der Waals surface area contributed by atoms with Crippen molar-refractivity contribution in [2.24, 2.45) is 5.73 Å². The SMILES string of the molecule is CCc1ccc2scc(CCCN)c2c1. The number of fused-ring (bicyclic) bond motifs is 1. The smallest absolute Gasteiger partial charge is 0.0345 e. The summed E-state index contributed by atoms with van der Waals surface area (Å²) in [6.07, 6.45) is 3.31. The molecule has 2 N–H and O–H groups in total. The number of rotatable bonds is 4. The Bertz CT molecular complexity index is 445. The third kappa shape index (κ3) is 2.21. The molecule has 0 saturated heterocycles. The Morgan fingerprint density at radius 2 is 2.20 bits per heavy atom. The highest BCUT2D eigenvalue weighted by Gasteiger charge is 2.03. The lowest BCUT2D eigenvalue weighted by Gasteiger charge is -2.00. The van der Waals surface area contributed by atoms with Crippen molar-refractivity contribution in [3.8, 4) is 0 Å². The lowest BCUT2D eigenvalue weighted by Crippen LogP contribution is -1.99. The van der Waals surface area contributed by atoms with E-state index in [0.717, 1.165) is 25.8 Å². The molecular formula is C13H17NS. The van der Waals surface area contributed by atoms with Crippen molar-refractivity contribution in [1.82, 2.24) is 0 Å². The zero-order valence-electron chi connectivity index (χ0n) is 9.12. The van der Waals surface area contributed by atoms with Gasteiger partial charge in [0, 0.05) is 4.70 Å². The van der Waals surface area contributed by atoms with Gasteiger partial charge >= 0.3 is 0 Å². The van der Waals surface area contributed by atoms with Crippen molar-refractivity contribution in [1.29, 1.82) is 0 Å². The summed E-state index contributed by atoms with van der Waals surface area (Å²) in [4.78, 5) is 0. The second-order valence-electron chi connectivity index (χ2n) is 3.84. The second-order valence-corrected chi connectivity index (χ2v) is 4.75. The van der Waals surface area contributed by atoms with E-state index in [1.54, 1.807) is 0 Å². The molecule has 0 bridgehead atoms. The van der Waals surface area contributed by atoms with Gasteiger partial charge in [0.15, 0.2) is 0 Å². The van der Waals surface area contributed by atoms with Gasteiger partial charge in [0.2, 0.25) is 0 Å². The molecule has 1 nitrogen and oxygen atoms in total. The number of benzene rings is 1. The maximum absolute atomic E-state index is 5.55. The summed E-state index contributed by atoms with van der Waals surface area (Å²) >= 11 is 1.84. The zero-order valence-corrected chi connectivity index (χ0v) is 9.94. The van der Waals surface area contributed by atoms with Gasteiger partial charge in [-0.15, -0.1) is 11.3 Å². The summed E-state index contributed by atoms with van der Waals surface area (Å²) in [6.45, 7) is 2.98. The van der Waals surface area contributed by atoms with E-state index in [4.69, 9.17) is 5.73 Å². The molecule has 1 heterocycles. The Hall–Kier alpha value is -0.860. The minimum Gasteiger partial charge on any atom is -0.330 e. The molecule has 0 radical (unpaired) electrons. The second kappa shape index (κ2) is 4.77. The normalized spacial score (nSPS) is 11.1. The Kier molecular flexibility index (Phi) is 3.39. The molecule has 0 aliphatic heterocycles. The van der Waals surface area contributed by atoms with Crippen LogP contribution in [0.2, 0.25) is 0 Å². The number of thiophene rings is 1. The molecule has 0 saturated carbocycles. The molecule has 0 fully saturated rings. The first-order valence-corrected chi connectivity index (χ1v) is 6.42. The van der Waals surface area contributed by atoms with Crippen molar-refractivity contribution in [2.75, 3.05) is 6.54 Å².